The summed E-state index contributed by atoms with van der Waals surface area (Å²) in [5.74, 6) is 5.30. The van der Waals surface area contributed by atoms with E-state index in [2.05, 4.69) is 15.4 Å². The van der Waals surface area contributed by atoms with Gasteiger partial charge in [0.25, 0.3) is 0 Å². The third-order valence-corrected chi connectivity index (χ3v) is 2.74. The topological polar surface area (TPSA) is 63.8 Å². The molecule has 3 N–H and O–H groups in total. The normalized spacial score (nSPS) is 10.1. The number of hydrogen-bond acceptors (Lipinski definition) is 5. The van der Waals surface area contributed by atoms with Crippen LogP contribution in [0.1, 0.15) is 0 Å². The van der Waals surface area contributed by atoms with Gasteiger partial charge in [0.15, 0.2) is 0 Å². The summed E-state index contributed by atoms with van der Waals surface area (Å²) in [7, 11) is 0. The molecule has 2 aromatic rings. The van der Waals surface area contributed by atoms with Crippen LogP contribution in [-0.2, 0) is 0 Å². The fourth-order valence-electron chi connectivity index (χ4n) is 1.09. The van der Waals surface area contributed by atoms with E-state index in [1.54, 1.807) is 24.4 Å². The number of nitrogens with zero attached hydrogens (tertiary/aromatic N) is 2. The molecule has 1 aromatic heterocycles. The number of nitrogen functional groups attached to an aromatic ring is 1. The second-order valence-corrected chi connectivity index (χ2v) is 4.01. The first kappa shape index (κ1) is 10.8. The van der Waals surface area contributed by atoms with Gasteiger partial charge in [0, 0.05) is 11.1 Å². The number of halogens is 1. The van der Waals surface area contributed by atoms with Gasteiger partial charge in [0.2, 0.25) is 5.95 Å². The van der Waals surface area contributed by atoms with E-state index >= 15 is 0 Å². The van der Waals surface area contributed by atoms with Crippen molar-refractivity contribution in [2.45, 2.75) is 9.92 Å². The number of anilines is 1. The minimum Gasteiger partial charge on any atom is -0.292 e. The van der Waals surface area contributed by atoms with Crippen LogP contribution < -0.4 is 11.3 Å². The lowest BCUT2D eigenvalue weighted by molar-refractivity contribution is 0.626. The Labute approximate surface area is 96.1 Å². The molecule has 0 fully saturated rings. The molecule has 6 heteroatoms. The molecule has 16 heavy (non-hydrogen) atoms. The Morgan fingerprint density at radius 2 is 1.94 bits per heavy atom. The molecule has 0 saturated carbocycles. The van der Waals surface area contributed by atoms with E-state index in [1.807, 2.05) is 0 Å². The van der Waals surface area contributed by atoms with Gasteiger partial charge in [-0.25, -0.2) is 20.2 Å². The minimum absolute atomic E-state index is 0.253. The Morgan fingerprint density at radius 1 is 1.19 bits per heavy atom. The zero-order chi connectivity index (χ0) is 11.4. The fraction of sp³-hybridized carbons (Fsp3) is 0. The minimum atomic E-state index is -0.253. The highest BCUT2D eigenvalue weighted by Crippen LogP contribution is 2.25. The maximum Gasteiger partial charge on any atom is 0.238 e. The smallest absolute Gasteiger partial charge is 0.238 e. The van der Waals surface area contributed by atoms with Crippen molar-refractivity contribution < 1.29 is 4.39 Å². The molecule has 4 nitrogen and oxygen atoms in total. The molecule has 0 bridgehead atoms. The van der Waals surface area contributed by atoms with Crippen LogP contribution in [0.15, 0.2) is 46.5 Å². The van der Waals surface area contributed by atoms with Crippen molar-refractivity contribution in [2.75, 3.05) is 5.43 Å². The summed E-state index contributed by atoms with van der Waals surface area (Å²) in [4.78, 5) is 8.93. The van der Waals surface area contributed by atoms with Crippen molar-refractivity contribution in [2.24, 2.45) is 5.84 Å². The highest BCUT2D eigenvalue weighted by molar-refractivity contribution is 7.99. The first-order valence-corrected chi connectivity index (χ1v) is 5.32. The molecule has 0 unspecified atom stereocenters. The van der Waals surface area contributed by atoms with Crippen molar-refractivity contribution in [1.82, 2.24) is 9.97 Å². The second-order valence-electron chi connectivity index (χ2n) is 2.92. The molecule has 0 saturated heterocycles. The molecule has 82 valence electrons. The van der Waals surface area contributed by atoms with Gasteiger partial charge in [-0.05, 0) is 30.3 Å². The number of hydrogen-bond donors (Lipinski definition) is 2. The Hall–Kier alpha value is -1.66. The standard InChI is InChI=1S/C10H9FN4S/c11-7-1-3-8(4-2-7)16-9-5-6-13-10(14-9)15-12/h1-6H,12H2,(H,13,14,15). The molecule has 1 aromatic carbocycles. The van der Waals surface area contributed by atoms with Gasteiger partial charge in [0.1, 0.15) is 10.8 Å². The van der Waals surface area contributed by atoms with Crippen LogP contribution in [0.2, 0.25) is 0 Å². The largest absolute Gasteiger partial charge is 0.292 e. The highest BCUT2D eigenvalue weighted by atomic mass is 32.2. The molecular formula is C10H9FN4S. The molecule has 1 heterocycles. The van der Waals surface area contributed by atoms with Gasteiger partial charge in [-0.2, -0.15) is 0 Å². The molecule has 0 aliphatic rings. The van der Waals surface area contributed by atoms with Crippen LogP contribution in [0.3, 0.4) is 0 Å². The van der Waals surface area contributed by atoms with Crippen LogP contribution in [-0.4, -0.2) is 9.97 Å². The van der Waals surface area contributed by atoms with Gasteiger partial charge < -0.3 is 0 Å². The van der Waals surface area contributed by atoms with Crippen LogP contribution in [0.4, 0.5) is 10.3 Å². The second kappa shape index (κ2) is 4.91. The summed E-state index contributed by atoms with van der Waals surface area (Å²) in [5.41, 5.74) is 2.37. The molecule has 0 aliphatic heterocycles. The van der Waals surface area contributed by atoms with Gasteiger partial charge in [-0.1, -0.05) is 11.8 Å². The number of benzene rings is 1. The lowest BCUT2D eigenvalue weighted by Gasteiger charge is -2.02. The number of aromatic nitrogens is 2. The third-order valence-electron chi connectivity index (χ3n) is 1.80. The molecule has 2 rings (SSSR count). The predicted octanol–water partition coefficient (Wildman–Crippen LogP) is 2.05. The van der Waals surface area contributed by atoms with E-state index in [0.29, 0.717) is 5.95 Å². The number of hydrazine groups is 1. The average Bonchev–Trinajstić information content (AvgIpc) is 2.32. The van der Waals surface area contributed by atoms with Crippen molar-refractivity contribution in [3.05, 3.63) is 42.3 Å². The van der Waals surface area contributed by atoms with Gasteiger partial charge in [0.05, 0.1) is 0 Å². The summed E-state index contributed by atoms with van der Waals surface area (Å²) < 4.78 is 12.7. The highest BCUT2D eigenvalue weighted by Gasteiger charge is 2.00. The van der Waals surface area contributed by atoms with Crippen molar-refractivity contribution >= 4 is 17.7 Å². The SMILES string of the molecule is NNc1nccc(Sc2ccc(F)cc2)n1. The van der Waals surface area contributed by atoms with Crippen LogP contribution in [0, 0.1) is 5.82 Å². The van der Waals surface area contributed by atoms with Crippen LogP contribution >= 0.6 is 11.8 Å². The molecule has 0 spiro atoms. The van der Waals surface area contributed by atoms with E-state index in [1.165, 1.54) is 23.9 Å². The van der Waals surface area contributed by atoms with Crippen molar-refractivity contribution in [3.63, 3.8) is 0 Å². The lowest BCUT2D eigenvalue weighted by atomic mass is 10.4. The molecule has 0 aliphatic carbocycles. The van der Waals surface area contributed by atoms with Crippen LogP contribution in [0.25, 0.3) is 0 Å². The summed E-state index contributed by atoms with van der Waals surface area (Å²) >= 11 is 1.41. The molecule has 0 amide bonds. The Balaban J connectivity index is 2.16. The molecule has 0 atom stereocenters. The first-order valence-electron chi connectivity index (χ1n) is 4.51. The zero-order valence-electron chi connectivity index (χ0n) is 8.22. The summed E-state index contributed by atoms with van der Waals surface area (Å²) in [6.07, 6.45) is 1.61. The Bertz CT molecular complexity index is 475. The van der Waals surface area contributed by atoms with E-state index in [9.17, 15) is 4.39 Å². The van der Waals surface area contributed by atoms with Gasteiger partial charge in [-0.3, -0.25) is 5.43 Å². The first-order chi connectivity index (χ1) is 7.78. The summed E-state index contributed by atoms with van der Waals surface area (Å²) in [5, 5.41) is 0.745. The Morgan fingerprint density at radius 3 is 2.62 bits per heavy atom. The van der Waals surface area contributed by atoms with E-state index in [0.717, 1.165) is 9.92 Å². The van der Waals surface area contributed by atoms with E-state index < -0.39 is 0 Å². The van der Waals surface area contributed by atoms with E-state index in [4.69, 9.17) is 5.84 Å². The van der Waals surface area contributed by atoms with Crippen molar-refractivity contribution in [1.29, 1.82) is 0 Å². The van der Waals surface area contributed by atoms with Gasteiger partial charge in [-0.15, -0.1) is 0 Å². The van der Waals surface area contributed by atoms with Crippen molar-refractivity contribution in [3.8, 4) is 0 Å². The fourth-order valence-corrected chi connectivity index (χ4v) is 1.87. The van der Waals surface area contributed by atoms with Gasteiger partial charge >= 0.3 is 0 Å². The maximum atomic E-state index is 12.7. The maximum absolute atomic E-state index is 12.7. The molecular weight excluding hydrogens is 227 g/mol. The van der Waals surface area contributed by atoms with Crippen LogP contribution in [0.5, 0.6) is 0 Å². The predicted molar refractivity (Wildman–Crippen MR) is 60.4 cm³/mol. The van der Waals surface area contributed by atoms with E-state index in [-0.39, 0.29) is 5.82 Å². The zero-order valence-corrected chi connectivity index (χ0v) is 9.04. The Kier molecular flexibility index (Phi) is 3.33. The third kappa shape index (κ3) is 2.68. The summed E-state index contributed by atoms with van der Waals surface area (Å²) in [6.45, 7) is 0. The average molecular weight is 236 g/mol. The monoisotopic (exact) mass is 236 g/mol. The summed E-state index contributed by atoms with van der Waals surface area (Å²) in [6, 6.07) is 7.96. The number of nitrogens with two attached hydrogens (primary N) is 1. The number of nitrogens with one attached hydrogen (secondary N) is 1. The molecule has 0 radical (unpaired) electrons. The lowest BCUT2D eigenvalue weighted by Crippen LogP contribution is -2.10. The number of rotatable bonds is 3. The quantitative estimate of drug-likeness (QED) is 0.485.